The third-order valence-electron chi connectivity index (χ3n) is 1.95. The standard InChI is InChI=1S/C7H15BO2/c1-4-6-7(5-2)10-8(3)9-6/h6-7H,4-5H2,1-3H3. The maximum absolute atomic E-state index is 5.49. The van der Waals surface area contributed by atoms with Gasteiger partial charge in [-0.15, -0.1) is 0 Å². The highest BCUT2D eigenvalue weighted by molar-refractivity contribution is 6.43. The lowest BCUT2D eigenvalue weighted by Gasteiger charge is -2.13. The van der Waals surface area contributed by atoms with Gasteiger partial charge in [-0.25, -0.2) is 0 Å². The Bertz CT molecular complexity index is 95.8. The molecule has 2 atom stereocenters. The van der Waals surface area contributed by atoms with E-state index < -0.39 is 0 Å². The first-order valence-corrected chi connectivity index (χ1v) is 4.08. The van der Waals surface area contributed by atoms with Crippen LogP contribution in [0, 0.1) is 0 Å². The van der Waals surface area contributed by atoms with Crippen LogP contribution in [0.15, 0.2) is 0 Å². The molecule has 0 aliphatic carbocycles. The van der Waals surface area contributed by atoms with Gasteiger partial charge in [0.15, 0.2) is 0 Å². The van der Waals surface area contributed by atoms with Gasteiger partial charge in [-0.05, 0) is 19.7 Å². The summed E-state index contributed by atoms with van der Waals surface area (Å²) < 4.78 is 11.0. The molecule has 0 bridgehead atoms. The Kier molecular flexibility index (Phi) is 2.75. The van der Waals surface area contributed by atoms with Gasteiger partial charge in [0.1, 0.15) is 0 Å². The van der Waals surface area contributed by atoms with Crippen LogP contribution in [0.4, 0.5) is 0 Å². The second kappa shape index (κ2) is 3.40. The highest BCUT2D eigenvalue weighted by Gasteiger charge is 2.33. The van der Waals surface area contributed by atoms with Crippen LogP contribution in [-0.4, -0.2) is 19.3 Å². The fourth-order valence-electron chi connectivity index (χ4n) is 1.42. The summed E-state index contributed by atoms with van der Waals surface area (Å²) >= 11 is 0. The zero-order valence-corrected chi connectivity index (χ0v) is 6.96. The molecule has 1 fully saturated rings. The van der Waals surface area contributed by atoms with Gasteiger partial charge < -0.3 is 9.31 Å². The predicted octanol–water partition coefficient (Wildman–Crippen LogP) is 1.71. The summed E-state index contributed by atoms with van der Waals surface area (Å²) in [4.78, 5) is 0. The summed E-state index contributed by atoms with van der Waals surface area (Å²) in [6, 6.07) is 0. The minimum Gasteiger partial charge on any atom is -0.406 e. The molecule has 0 aromatic heterocycles. The van der Waals surface area contributed by atoms with E-state index in [0.717, 1.165) is 12.8 Å². The molecule has 0 amide bonds. The fourth-order valence-corrected chi connectivity index (χ4v) is 1.42. The zero-order valence-electron chi connectivity index (χ0n) is 6.96. The van der Waals surface area contributed by atoms with Crippen molar-refractivity contribution in [2.24, 2.45) is 0 Å². The summed E-state index contributed by atoms with van der Waals surface area (Å²) in [5, 5.41) is 0. The zero-order chi connectivity index (χ0) is 7.56. The van der Waals surface area contributed by atoms with Gasteiger partial charge in [-0.3, -0.25) is 0 Å². The van der Waals surface area contributed by atoms with Gasteiger partial charge in [-0.1, -0.05) is 13.8 Å². The molecule has 1 heterocycles. The molecule has 2 unspecified atom stereocenters. The molecule has 0 radical (unpaired) electrons. The lowest BCUT2D eigenvalue weighted by atomic mass is 9.97. The molecule has 1 saturated heterocycles. The molecule has 58 valence electrons. The van der Waals surface area contributed by atoms with E-state index >= 15 is 0 Å². The summed E-state index contributed by atoms with van der Waals surface area (Å²) in [6.45, 7) is 6.22. The van der Waals surface area contributed by atoms with Crippen LogP contribution in [0.5, 0.6) is 0 Å². The normalized spacial score (nSPS) is 33.3. The van der Waals surface area contributed by atoms with Gasteiger partial charge in [0.2, 0.25) is 0 Å². The van der Waals surface area contributed by atoms with Crippen molar-refractivity contribution in [1.29, 1.82) is 0 Å². The van der Waals surface area contributed by atoms with Crippen molar-refractivity contribution in [3.63, 3.8) is 0 Å². The average molecular weight is 142 g/mol. The fraction of sp³-hybridized carbons (Fsp3) is 1.00. The van der Waals surface area contributed by atoms with E-state index in [4.69, 9.17) is 9.31 Å². The van der Waals surface area contributed by atoms with E-state index in [1.54, 1.807) is 0 Å². The number of rotatable bonds is 2. The van der Waals surface area contributed by atoms with Crippen molar-refractivity contribution in [2.45, 2.75) is 45.7 Å². The molecule has 0 N–H and O–H groups in total. The minimum absolute atomic E-state index is 0.00917. The molecule has 0 spiro atoms. The van der Waals surface area contributed by atoms with E-state index in [2.05, 4.69) is 13.8 Å². The molecule has 0 aromatic carbocycles. The third-order valence-corrected chi connectivity index (χ3v) is 1.95. The second-order valence-electron chi connectivity index (χ2n) is 2.73. The monoisotopic (exact) mass is 142 g/mol. The van der Waals surface area contributed by atoms with E-state index in [-0.39, 0.29) is 7.12 Å². The molecule has 0 aromatic rings. The Morgan fingerprint density at radius 3 is 1.80 bits per heavy atom. The van der Waals surface area contributed by atoms with Gasteiger partial charge in [-0.2, -0.15) is 0 Å². The minimum atomic E-state index is 0.00917. The average Bonchev–Trinajstić information content (AvgIpc) is 2.30. The first-order valence-electron chi connectivity index (χ1n) is 4.08. The summed E-state index contributed by atoms with van der Waals surface area (Å²) in [7, 11) is 0.00917. The molecule has 0 saturated carbocycles. The Morgan fingerprint density at radius 2 is 1.50 bits per heavy atom. The molecule has 1 aliphatic rings. The lowest BCUT2D eigenvalue weighted by Crippen LogP contribution is -2.20. The SMILES string of the molecule is CCC1OB(C)OC1CC. The van der Waals surface area contributed by atoms with Gasteiger partial charge in [0.25, 0.3) is 0 Å². The molecule has 1 rings (SSSR count). The van der Waals surface area contributed by atoms with E-state index in [1.807, 2.05) is 6.82 Å². The Balaban J connectivity index is 2.41. The van der Waals surface area contributed by atoms with Crippen LogP contribution in [-0.2, 0) is 9.31 Å². The summed E-state index contributed by atoms with van der Waals surface area (Å²) in [5.41, 5.74) is 0. The molecule has 1 aliphatic heterocycles. The maximum atomic E-state index is 5.49. The molecule has 10 heavy (non-hydrogen) atoms. The van der Waals surface area contributed by atoms with Gasteiger partial charge >= 0.3 is 7.12 Å². The second-order valence-corrected chi connectivity index (χ2v) is 2.73. The van der Waals surface area contributed by atoms with Crippen molar-refractivity contribution >= 4 is 7.12 Å². The van der Waals surface area contributed by atoms with Crippen molar-refractivity contribution < 1.29 is 9.31 Å². The van der Waals surface area contributed by atoms with Crippen LogP contribution in [0.3, 0.4) is 0 Å². The van der Waals surface area contributed by atoms with E-state index in [1.165, 1.54) is 0 Å². The molecular formula is C7H15BO2. The first kappa shape index (κ1) is 8.09. The Labute approximate surface area is 63.0 Å². The highest BCUT2D eigenvalue weighted by Crippen LogP contribution is 2.20. The topological polar surface area (TPSA) is 18.5 Å². The number of hydrogen-bond acceptors (Lipinski definition) is 2. The smallest absolute Gasteiger partial charge is 0.406 e. The van der Waals surface area contributed by atoms with Crippen LogP contribution >= 0.6 is 0 Å². The molecular weight excluding hydrogens is 127 g/mol. The van der Waals surface area contributed by atoms with Crippen LogP contribution in [0.25, 0.3) is 0 Å². The molecule has 3 heteroatoms. The number of hydrogen-bond donors (Lipinski definition) is 0. The van der Waals surface area contributed by atoms with Gasteiger partial charge in [0, 0.05) is 0 Å². The maximum Gasteiger partial charge on any atom is 0.454 e. The Hall–Kier alpha value is -0.0151. The van der Waals surface area contributed by atoms with E-state index in [0.29, 0.717) is 12.2 Å². The van der Waals surface area contributed by atoms with Crippen LogP contribution in [0.2, 0.25) is 6.82 Å². The molecule has 2 nitrogen and oxygen atoms in total. The van der Waals surface area contributed by atoms with Gasteiger partial charge in [0.05, 0.1) is 12.2 Å². The summed E-state index contributed by atoms with van der Waals surface area (Å²) in [5.74, 6) is 0. The summed E-state index contributed by atoms with van der Waals surface area (Å²) in [6.07, 6.45) is 2.78. The first-order chi connectivity index (χ1) is 4.77. The quantitative estimate of drug-likeness (QED) is 0.546. The predicted molar refractivity (Wildman–Crippen MR) is 41.9 cm³/mol. The highest BCUT2D eigenvalue weighted by atomic mass is 16.7. The van der Waals surface area contributed by atoms with Crippen molar-refractivity contribution in [1.82, 2.24) is 0 Å². The van der Waals surface area contributed by atoms with Crippen LogP contribution in [0.1, 0.15) is 26.7 Å². The van der Waals surface area contributed by atoms with Crippen molar-refractivity contribution in [3.8, 4) is 0 Å². The van der Waals surface area contributed by atoms with Crippen molar-refractivity contribution in [2.75, 3.05) is 0 Å². The van der Waals surface area contributed by atoms with Crippen LogP contribution < -0.4 is 0 Å². The van der Waals surface area contributed by atoms with Crippen molar-refractivity contribution in [3.05, 3.63) is 0 Å². The largest absolute Gasteiger partial charge is 0.454 e. The Morgan fingerprint density at radius 1 is 1.10 bits per heavy atom. The third kappa shape index (κ3) is 1.52. The van der Waals surface area contributed by atoms with E-state index in [9.17, 15) is 0 Å². The lowest BCUT2D eigenvalue weighted by molar-refractivity contribution is 0.148.